The zero-order chi connectivity index (χ0) is 10.2. The average molecular weight is 376 g/mol. The van der Waals surface area contributed by atoms with Crippen LogP contribution in [-0.2, 0) is 0 Å². The summed E-state index contributed by atoms with van der Waals surface area (Å²) in [4.78, 5) is 17.0. The summed E-state index contributed by atoms with van der Waals surface area (Å²) in [6.07, 6.45) is 0. The van der Waals surface area contributed by atoms with Crippen LogP contribution in [0.25, 0.3) is 0 Å². The van der Waals surface area contributed by atoms with E-state index < -0.39 is 0 Å². The Hall–Kier alpha value is 0.120. The second kappa shape index (κ2) is 4.10. The van der Waals surface area contributed by atoms with Crippen LogP contribution in [0.5, 0.6) is 0 Å². The van der Waals surface area contributed by atoms with Gasteiger partial charge in [0.25, 0.3) is 0 Å². The van der Waals surface area contributed by atoms with Crippen LogP contribution in [0.1, 0.15) is 0 Å². The number of imidazole rings is 1. The van der Waals surface area contributed by atoms with Gasteiger partial charge in [0.05, 0.1) is 0 Å². The molecule has 0 atom stereocenters. The van der Waals surface area contributed by atoms with Crippen LogP contribution in [0, 0.1) is 0 Å². The van der Waals surface area contributed by atoms with E-state index in [4.69, 9.17) is 0 Å². The molecule has 0 radical (unpaired) electrons. The van der Waals surface area contributed by atoms with Gasteiger partial charge in [-0.15, -0.1) is 0 Å². The molecule has 1 heterocycles. The van der Waals surface area contributed by atoms with E-state index in [-0.39, 0.29) is 6.03 Å². The van der Waals surface area contributed by atoms with Crippen molar-refractivity contribution in [3.05, 3.63) is 13.9 Å². The molecule has 0 spiro atoms. The first-order chi connectivity index (χ1) is 5.95. The molecule has 0 aliphatic rings. The first-order valence-electron chi connectivity index (χ1n) is 3.26. The highest BCUT2D eigenvalue weighted by Crippen LogP contribution is 2.26. The summed E-state index contributed by atoms with van der Waals surface area (Å²) in [5.41, 5.74) is 0. The maximum atomic E-state index is 11.6. The van der Waals surface area contributed by atoms with Crippen molar-refractivity contribution in [3.8, 4) is 0 Å². The van der Waals surface area contributed by atoms with Crippen LogP contribution in [-0.4, -0.2) is 34.6 Å². The molecular formula is C6H6Br3N3O. The lowest BCUT2D eigenvalue weighted by Crippen LogP contribution is -2.27. The second-order valence-corrected chi connectivity index (χ2v) is 4.69. The number of aromatic nitrogens is 2. The summed E-state index contributed by atoms with van der Waals surface area (Å²) in [5, 5.41) is 0. The molecule has 0 aliphatic heterocycles. The molecule has 0 unspecified atom stereocenters. The highest BCUT2D eigenvalue weighted by Gasteiger charge is 2.18. The van der Waals surface area contributed by atoms with E-state index in [1.165, 1.54) is 9.47 Å². The lowest BCUT2D eigenvalue weighted by Gasteiger charge is -2.11. The van der Waals surface area contributed by atoms with Crippen molar-refractivity contribution < 1.29 is 4.79 Å². The fourth-order valence-electron chi connectivity index (χ4n) is 0.713. The Morgan fingerprint density at radius 2 is 1.92 bits per heavy atom. The SMILES string of the molecule is CN(C)C(=O)n1c(Br)nc(Br)c1Br. The zero-order valence-corrected chi connectivity index (χ0v) is 11.6. The molecule has 1 aromatic rings. The summed E-state index contributed by atoms with van der Waals surface area (Å²) in [7, 11) is 3.35. The van der Waals surface area contributed by atoms with Gasteiger partial charge in [0.1, 0.15) is 9.21 Å². The smallest absolute Gasteiger partial charge is 0.330 e. The molecule has 7 heteroatoms. The molecule has 0 saturated carbocycles. The van der Waals surface area contributed by atoms with E-state index in [1.807, 2.05) is 0 Å². The Kier molecular flexibility index (Phi) is 3.53. The minimum atomic E-state index is -0.169. The Bertz CT molecular complexity index is 347. The average Bonchev–Trinajstić information content (AvgIpc) is 2.26. The minimum Gasteiger partial charge on any atom is -0.330 e. The second-order valence-electron chi connectivity index (χ2n) is 2.47. The predicted molar refractivity (Wildman–Crippen MR) is 59.8 cm³/mol. The number of rotatable bonds is 0. The fraction of sp³-hybridized carbons (Fsp3) is 0.333. The quantitative estimate of drug-likeness (QED) is 0.699. The van der Waals surface area contributed by atoms with Crippen molar-refractivity contribution in [1.29, 1.82) is 0 Å². The van der Waals surface area contributed by atoms with Crippen molar-refractivity contribution in [2.24, 2.45) is 0 Å². The van der Waals surface area contributed by atoms with Gasteiger partial charge < -0.3 is 4.90 Å². The molecule has 0 bridgehead atoms. The maximum Gasteiger partial charge on any atom is 0.330 e. The van der Waals surface area contributed by atoms with E-state index in [9.17, 15) is 4.79 Å². The normalized spacial score (nSPS) is 10.2. The van der Waals surface area contributed by atoms with Crippen LogP contribution in [0.3, 0.4) is 0 Å². The largest absolute Gasteiger partial charge is 0.330 e. The van der Waals surface area contributed by atoms with Crippen LogP contribution in [0.15, 0.2) is 13.9 Å². The summed E-state index contributed by atoms with van der Waals surface area (Å²) in [5.74, 6) is 0. The minimum absolute atomic E-state index is 0.169. The molecule has 13 heavy (non-hydrogen) atoms. The highest BCUT2D eigenvalue weighted by molar-refractivity contribution is 9.13. The third-order valence-corrected chi connectivity index (χ3v) is 3.66. The topological polar surface area (TPSA) is 38.1 Å². The number of nitrogens with zero attached hydrogens (tertiary/aromatic N) is 3. The van der Waals surface area contributed by atoms with Gasteiger partial charge in [-0.1, -0.05) is 0 Å². The van der Waals surface area contributed by atoms with Crippen molar-refractivity contribution >= 4 is 53.8 Å². The van der Waals surface area contributed by atoms with Crippen molar-refractivity contribution in [2.45, 2.75) is 0 Å². The van der Waals surface area contributed by atoms with Crippen molar-refractivity contribution in [3.63, 3.8) is 0 Å². The van der Waals surface area contributed by atoms with E-state index >= 15 is 0 Å². The summed E-state index contributed by atoms with van der Waals surface area (Å²) in [6.45, 7) is 0. The molecule has 0 aromatic carbocycles. The molecule has 0 N–H and O–H groups in total. The third-order valence-electron chi connectivity index (χ3n) is 1.32. The fourth-order valence-corrected chi connectivity index (χ4v) is 2.45. The monoisotopic (exact) mass is 373 g/mol. The number of halogens is 3. The van der Waals surface area contributed by atoms with Gasteiger partial charge in [0.2, 0.25) is 0 Å². The number of hydrogen-bond donors (Lipinski definition) is 0. The predicted octanol–water partition coefficient (Wildman–Crippen LogP) is 2.70. The Morgan fingerprint density at radius 1 is 1.38 bits per heavy atom. The summed E-state index contributed by atoms with van der Waals surface area (Å²) >= 11 is 9.63. The molecule has 1 aromatic heterocycles. The van der Waals surface area contributed by atoms with Crippen molar-refractivity contribution in [1.82, 2.24) is 14.5 Å². The van der Waals surface area contributed by atoms with Gasteiger partial charge in [0, 0.05) is 14.1 Å². The molecule has 4 nitrogen and oxygen atoms in total. The van der Waals surface area contributed by atoms with Gasteiger partial charge in [-0.2, -0.15) is 0 Å². The standard InChI is InChI=1S/C6H6Br3N3O/c1-11(2)6(13)12-4(8)3(7)10-5(12)9/h1-2H3. The van der Waals surface area contributed by atoms with Gasteiger partial charge in [-0.05, 0) is 47.8 Å². The third kappa shape index (κ3) is 2.13. The highest BCUT2D eigenvalue weighted by atomic mass is 79.9. The van der Waals surface area contributed by atoms with Gasteiger partial charge in [-0.25, -0.2) is 14.3 Å². The van der Waals surface area contributed by atoms with Crippen LogP contribution in [0.2, 0.25) is 0 Å². The van der Waals surface area contributed by atoms with E-state index in [1.54, 1.807) is 14.1 Å². The van der Waals surface area contributed by atoms with Gasteiger partial charge >= 0.3 is 6.03 Å². The van der Waals surface area contributed by atoms with E-state index in [2.05, 4.69) is 52.8 Å². The van der Waals surface area contributed by atoms with E-state index in [0.29, 0.717) is 13.9 Å². The van der Waals surface area contributed by atoms with Crippen LogP contribution < -0.4 is 0 Å². The maximum absolute atomic E-state index is 11.6. The first-order valence-corrected chi connectivity index (χ1v) is 5.64. The Labute approximate surface area is 101 Å². The van der Waals surface area contributed by atoms with Crippen LogP contribution >= 0.6 is 47.8 Å². The molecule has 0 fully saturated rings. The summed E-state index contributed by atoms with van der Waals surface area (Å²) < 4.78 is 3.06. The molecule has 72 valence electrons. The number of carbonyl (C=O) groups is 1. The molecule has 0 aliphatic carbocycles. The Balaban J connectivity index is 3.21. The molecular weight excluding hydrogens is 370 g/mol. The molecule has 1 amide bonds. The van der Waals surface area contributed by atoms with Gasteiger partial charge in [-0.3, -0.25) is 0 Å². The van der Waals surface area contributed by atoms with Crippen molar-refractivity contribution in [2.75, 3.05) is 14.1 Å². The van der Waals surface area contributed by atoms with Gasteiger partial charge in [0.15, 0.2) is 4.73 Å². The molecule has 1 rings (SSSR count). The zero-order valence-electron chi connectivity index (χ0n) is 6.88. The van der Waals surface area contributed by atoms with Crippen LogP contribution in [0.4, 0.5) is 4.79 Å². The Morgan fingerprint density at radius 3 is 2.23 bits per heavy atom. The van der Waals surface area contributed by atoms with E-state index in [0.717, 1.165) is 0 Å². The molecule has 0 saturated heterocycles. The number of hydrogen-bond acceptors (Lipinski definition) is 2. The lowest BCUT2D eigenvalue weighted by molar-refractivity contribution is 0.218. The number of carbonyl (C=O) groups excluding carboxylic acids is 1. The number of amides is 1. The first kappa shape index (κ1) is 11.2. The summed E-state index contributed by atoms with van der Waals surface area (Å²) in [6, 6.07) is -0.169. The lowest BCUT2D eigenvalue weighted by atomic mass is 10.8.